The number of carbonyl (C=O) groups excluding carboxylic acids is 2. The summed E-state index contributed by atoms with van der Waals surface area (Å²) in [5, 5.41) is 12.3. The van der Waals surface area contributed by atoms with E-state index in [4.69, 9.17) is 16.3 Å². The van der Waals surface area contributed by atoms with Crippen LogP contribution < -0.4 is 10.1 Å². The zero-order chi connectivity index (χ0) is 28.0. The molecule has 0 spiro atoms. The van der Waals surface area contributed by atoms with Gasteiger partial charge in [0.15, 0.2) is 10.9 Å². The lowest BCUT2D eigenvalue weighted by Crippen LogP contribution is -2.27. The number of halogens is 1. The van der Waals surface area contributed by atoms with Crippen molar-refractivity contribution in [2.75, 3.05) is 32.5 Å². The van der Waals surface area contributed by atoms with E-state index in [1.165, 1.54) is 42.2 Å². The number of hydrogen-bond acceptors (Lipinski definition) is 8. The minimum atomic E-state index is -3.54. The van der Waals surface area contributed by atoms with Crippen LogP contribution in [0, 0.1) is 0 Å². The SMILES string of the molecule is COc1ccc(-n2c(CCCNC(C)=O)nnc2SCC(=O)c2ccc(S(=O)(=O)N3CCCC3)cc2)cc1Cl. The van der Waals surface area contributed by atoms with Gasteiger partial charge in [0, 0.05) is 38.5 Å². The van der Waals surface area contributed by atoms with Crippen LogP contribution in [0.5, 0.6) is 5.75 Å². The number of benzene rings is 2. The summed E-state index contributed by atoms with van der Waals surface area (Å²) in [6.07, 6.45) is 2.91. The molecule has 2 heterocycles. The molecule has 0 radical (unpaired) electrons. The predicted molar refractivity (Wildman–Crippen MR) is 149 cm³/mol. The molecule has 13 heteroatoms. The van der Waals surface area contributed by atoms with Gasteiger partial charge in [0.05, 0.1) is 28.5 Å². The van der Waals surface area contributed by atoms with Crippen molar-refractivity contribution in [3.05, 3.63) is 58.9 Å². The highest BCUT2D eigenvalue weighted by Gasteiger charge is 2.27. The fourth-order valence-electron chi connectivity index (χ4n) is 4.22. The van der Waals surface area contributed by atoms with Gasteiger partial charge < -0.3 is 10.1 Å². The first-order valence-electron chi connectivity index (χ1n) is 12.5. The fourth-order valence-corrected chi connectivity index (χ4v) is 6.86. The molecule has 1 N–H and O–H groups in total. The van der Waals surface area contributed by atoms with Crippen LogP contribution in [-0.4, -0.2) is 71.7 Å². The van der Waals surface area contributed by atoms with Crippen molar-refractivity contribution in [2.24, 2.45) is 0 Å². The Morgan fingerprint density at radius 1 is 1.10 bits per heavy atom. The lowest BCUT2D eigenvalue weighted by Gasteiger charge is -2.15. The maximum absolute atomic E-state index is 13.0. The monoisotopic (exact) mass is 591 g/mol. The van der Waals surface area contributed by atoms with Gasteiger partial charge in [-0.3, -0.25) is 14.2 Å². The van der Waals surface area contributed by atoms with Gasteiger partial charge in [-0.15, -0.1) is 10.2 Å². The second kappa shape index (κ2) is 12.9. The normalized spacial score (nSPS) is 13.9. The Kier molecular flexibility index (Phi) is 9.65. The number of amides is 1. The first kappa shape index (κ1) is 29.1. The smallest absolute Gasteiger partial charge is 0.243 e. The molecule has 1 aliphatic rings. The van der Waals surface area contributed by atoms with Gasteiger partial charge in [-0.25, -0.2) is 8.42 Å². The van der Waals surface area contributed by atoms with Crippen LogP contribution in [-0.2, 0) is 21.2 Å². The molecule has 1 fully saturated rings. The quantitative estimate of drug-likeness (QED) is 0.192. The molecule has 3 aromatic rings. The molecule has 1 saturated heterocycles. The summed E-state index contributed by atoms with van der Waals surface area (Å²) in [5.74, 6) is 0.995. The summed E-state index contributed by atoms with van der Waals surface area (Å²) in [7, 11) is -2.00. The molecule has 0 bridgehead atoms. The molecule has 0 atom stereocenters. The second-order valence-electron chi connectivity index (χ2n) is 8.99. The van der Waals surface area contributed by atoms with E-state index in [0.717, 1.165) is 12.8 Å². The summed E-state index contributed by atoms with van der Waals surface area (Å²) in [4.78, 5) is 24.4. The number of ether oxygens (including phenoxy) is 1. The van der Waals surface area contributed by atoms with Crippen LogP contribution in [0.2, 0.25) is 5.02 Å². The van der Waals surface area contributed by atoms with Gasteiger partial charge >= 0.3 is 0 Å². The van der Waals surface area contributed by atoms with Gasteiger partial charge in [-0.05, 0) is 49.6 Å². The summed E-state index contributed by atoms with van der Waals surface area (Å²) < 4.78 is 34.1. The van der Waals surface area contributed by atoms with Crippen LogP contribution >= 0.6 is 23.4 Å². The van der Waals surface area contributed by atoms with Crippen molar-refractivity contribution in [1.29, 1.82) is 0 Å². The molecule has 2 aromatic carbocycles. The lowest BCUT2D eigenvalue weighted by molar-refractivity contribution is -0.118. The Hall–Kier alpha value is -2.93. The summed E-state index contributed by atoms with van der Waals surface area (Å²) in [5.41, 5.74) is 1.13. The number of nitrogens with zero attached hydrogens (tertiary/aromatic N) is 4. The number of ketones is 1. The van der Waals surface area contributed by atoms with Crippen LogP contribution in [0.3, 0.4) is 0 Å². The molecule has 0 saturated carbocycles. The minimum Gasteiger partial charge on any atom is -0.495 e. The first-order chi connectivity index (χ1) is 18.7. The Bertz CT molecular complexity index is 1440. The molecular formula is C26H30ClN5O5S2. The molecule has 0 unspecified atom stereocenters. The highest BCUT2D eigenvalue weighted by atomic mass is 35.5. The van der Waals surface area contributed by atoms with E-state index in [-0.39, 0.29) is 22.3 Å². The maximum atomic E-state index is 13.0. The van der Waals surface area contributed by atoms with E-state index in [1.807, 2.05) is 10.6 Å². The number of hydrogen-bond donors (Lipinski definition) is 1. The Morgan fingerprint density at radius 3 is 2.46 bits per heavy atom. The first-order valence-corrected chi connectivity index (χ1v) is 15.3. The second-order valence-corrected chi connectivity index (χ2v) is 12.3. The topological polar surface area (TPSA) is 123 Å². The van der Waals surface area contributed by atoms with Crippen molar-refractivity contribution in [2.45, 2.75) is 42.7 Å². The number of Topliss-reactive ketones (excluding diaryl/α,β-unsaturated/α-hetero) is 1. The van der Waals surface area contributed by atoms with Crippen molar-refractivity contribution in [3.8, 4) is 11.4 Å². The fraction of sp³-hybridized carbons (Fsp3) is 0.385. The Morgan fingerprint density at radius 2 is 1.82 bits per heavy atom. The molecule has 4 rings (SSSR count). The van der Waals surface area contributed by atoms with Gasteiger partial charge in [0.2, 0.25) is 15.9 Å². The third kappa shape index (κ3) is 6.99. The number of aryl methyl sites for hydroxylation is 1. The Balaban J connectivity index is 1.50. The van der Waals surface area contributed by atoms with E-state index in [1.54, 1.807) is 24.3 Å². The summed E-state index contributed by atoms with van der Waals surface area (Å²) in [6.45, 7) is 3.01. The molecule has 39 heavy (non-hydrogen) atoms. The number of carbonyl (C=O) groups is 2. The predicted octanol–water partition coefficient (Wildman–Crippen LogP) is 3.76. The van der Waals surface area contributed by atoms with Gasteiger partial charge in [0.25, 0.3) is 0 Å². The van der Waals surface area contributed by atoms with E-state index in [9.17, 15) is 18.0 Å². The zero-order valence-electron chi connectivity index (χ0n) is 21.7. The van der Waals surface area contributed by atoms with Crippen LogP contribution in [0.15, 0.2) is 52.5 Å². The molecule has 0 aliphatic carbocycles. The molecule has 1 aliphatic heterocycles. The largest absolute Gasteiger partial charge is 0.495 e. The molecule has 10 nitrogen and oxygen atoms in total. The van der Waals surface area contributed by atoms with E-state index >= 15 is 0 Å². The standard InChI is InChI=1S/C26H30ClN5O5S2/c1-18(33)28-13-5-6-25-29-30-26(32(25)20-9-12-24(37-2)22(27)16-20)38-17-23(34)19-7-10-21(11-8-19)39(35,36)31-14-3-4-15-31/h7-12,16H,3-6,13-15,17H2,1-2H3,(H,28,33). The van der Waals surface area contributed by atoms with Crippen molar-refractivity contribution in [1.82, 2.24) is 24.4 Å². The summed E-state index contributed by atoms with van der Waals surface area (Å²) >= 11 is 7.60. The Labute approximate surface area is 237 Å². The lowest BCUT2D eigenvalue weighted by atomic mass is 10.1. The zero-order valence-corrected chi connectivity index (χ0v) is 24.1. The third-order valence-electron chi connectivity index (χ3n) is 6.26. The van der Waals surface area contributed by atoms with Crippen LogP contribution in [0.1, 0.15) is 42.4 Å². The highest BCUT2D eigenvalue weighted by Crippen LogP contribution is 2.30. The number of thioether (sulfide) groups is 1. The molecule has 1 aromatic heterocycles. The number of nitrogens with one attached hydrogen (secondary N) is 1. The number of aromatic nitrogens is 3. The van der Waals surface area contributed by atoms with E-state index < -0.39 is 10.0 Å². The number of methoxy groups -OCH3 is 1. The van der Waals surface area contributed by atoms with Gasteiger partial charge in [-0.2, -0.15) is 4.31 Å². The summed E-state index contributed by atoms with van der Waals surface area (Å²) in [6, 6.07) is 11.4. The van der Waals surface area contributed by atoms with Crippen LogP contribution in [0.25, 0.3) is 5.69 Å². The van der Waals surface area contributed by atoms with Crippen molar-refractivity contribution < 1.29 is 22.7 Å². The van der Waals surface area contributed by atoms with Crippen LogP contribution in [0.4, 0.5) is 0 Å². The highest BCUT2D eigenvalue weighted by molar-refractivity contribution is 7.99. The van der Waals surface area contributed by atoms with E-state index in [0.29, 0.717) is 65.5 Å². The number of rotatable bonds is 12. The third-order valence-corrected chi connectivity index (χ3v) is 9.39. The average molecular weight is 592 g/mol. The number of sulfonamides is 1. The molecular weight excluding hydrogens is 562 g/mol. The molecule has 1 amide bonds. The average Bonchev–Trinajstić information content (AvgIpc) is 3.61. The van der Waals surface area contributed by atoms with Gasteiger partial charge in [0.1, 0.15) is 11.6 Å². The maximum Gasteiger partial charge on any atom is 0.243 e. The van der Waals surface area contributed by atoms with E-state index in [2.05, 4.69) is 15.5 Å². The van der Waals surface area contributed by atoms with Gasteiger partial charge in [-0.1, -0.05) is 35.5 Å². The van der Waals surface area contributed by atoms with Crippen molar-refractivity contribution in [3.63, 3.8) is 0 Å². The van der Waals surface area contributed by atoms with Crippen molar-refractivity contribution >= 4 is 45.1 Å². The molecule has 208 valence electrons. The minimum absolute atomic E-state index is 0.0755.